The zero-order valence-corrected chi connectivity index (χ0v) is 10.8. The van der Waals surface area contributed by atoms with Crippen LogP contribution < -0.4 is 10.5 Å². The lowest BCUT2D eigenvalue weighted by molar-refractivity contribution is 0.415. The summed E-state index contributed by atoms with van der Waals surface area (Å²) in [7, 11) is 1.62. The number of benzene rings is 1. The predicted molar refractivity (Wildman–Crippen MR) is 73.9 cm³/mol. The van der Waals surface area contributed by atoms with E-state index in [1.54, 1.807) is 25.6 Å². The number of pyridine rings is 1. The summed E-state index contributed by atoms with van der Waals surface area (Å²) in [5.74, 6) is 1.66. The van der Waals surface area contributed by atoms with Crippen molar-refractivity contribution in [1.82, 2.24) is 15.1 Å². The molecule has 20 heavy (non-hydrogen) atoms. The van der Waals surface area contributed by atoms with Crippen molar-refractivity contribution in [2.45, 2.75) is 0 Å². The number of hydrogen-bond acceptors (Lipinski definition) is 6. The van der Waals surface area contributed by atoms with Gasteiger partial charge in [0.1, 0.15) is 5.75 Å². The van der Waals surface area contributed by atoms with Gasteiger partial charge in [0, 0.05) is 18.0 Å². The average Bonchev–Trinajstić information content (AvgIpc) is 2.97. The molecule has 6 heteroatoms. The van der Waals surface area contributed by atoms with E-state index in [0.717, 1.165) is 11.3 Å². The molecule has 6 nitrogen and oxygen atoms in total. The second-order valence-electron chi connectivity index (χ2n) is 4.16. The van der Waals surface area contributed by atoms with Gasteiger partial charge in [0.05, 0.1) is 18.4 Å². The maximum Gasteiger partial charge on any atom is 0.259 e. The van der Waals surface area contributed by atoms with Crippen molar-refractivity contribution in [2.75, 3.05) is 12.8 Å². The molecule has 0 unspecified atom stereocenters. The molecular formula is C14H12N4O2. The van der Waals surface area contributed by atoms with Crippen LogP contribution in [0.2, 0.25) is 0 Å². The van der Waals surface area contributed by atoms with Gasteiger partial charge in [0.15, 0.2) is 0 Å². The molecule has 2 aromatic heterocycles. The topological polar surface area (TPSA) is 87.1 Å². The molecule has 1 aromatic carbocycles. The van der Waals surface area contributed by atoms with Gasteiger partial charge >= 0.3 is 0 Å². The highest BCUT2D eigenvalue weighted by atomic mass is 16.5. The van der Waals surface area contributed by atoms with Gasteiger partial charge in [-0.2, -0.15) is 4.98 Å². The first-order chi connectivity index (χ1) is 9.76. The van der Waals surface area contributed by atoms with Crippen LogP contribution in [0, 0.1) is 0 Å². The summed E-state index contributed by atoms with van der Waals surface area (Å²) >= 11 is 0. The highest BCUT2D eigenvalue weighted by Crippen LogP contribution is 2.24. The van der Waals surface area contributed by atoms with E-state index in [-0.39, 0.29) is 0 Å². The van der Waals surface area contributed by atoms with E-state index in [1.165, 1.54) is 0 Å². The van der Waals surface area contributed by atoms with E-state index in [9.17, 15) is 0 Å². The van der Waals surface area contributed by atoms with Crippen LogP contribution in [0.1, 0.15) is 0 Å². The Balaban J connectivity index is 1.93. The van der Waals surface area contributed by atoms with Gasteiger partial charge in [0.25, 0.3) is 5.89 Å². The monoisotopic (exact) mass is 268 g/mol. The molecule has 0 bridgehead atoms. The normalized spacial score (nSPS) is 10.4. The molecule has 0 atom stereocenters. The third-order valence-electron chi connectivity index (χ3n) is 2.78. The lowest BCUT2D eigenvalue weighted by Gasteiger charge is -1.99. The molecule has 0 spiro atoms. The van der Waals surface area contributed by atoms with E-state index < -0.39 is 0 Å². The number of nitrogens with two attached hydrogens (primary N) is 1. The minimum atomic E-state index is 0.385. The van der Waals surface area contributed by atoms with Gasteiger partial charge in [-0.3, -0.25) is 4.98 Å². The molecule has 3 rings (SSSR count). The van der Waals surface area contributed by atoms with Gasteiger partial charge in [-0.25, -0.2) is 0 Å². The number of nitrogen functional groups attached to an aromatic ring is 1. The lowest BCUT2D eigenvalue weighted by atomic mass is 10.2. The summed E-state index contributed by atoms with van der Waals surface area (Å²) in [6.45, 7) is 0. The van der Waals surface area contributed by atoms with Crippen molar-refractivity contribution >= 4 is 5.69 Å². The van der Waals surface area contributed by atoms with Gasteiger partial charge in [-0.1, -0.05) is 5.16 Å². The smallest absolute Gasteiger partial charge is 0.259 e. The number of aromatic nitrogens is 3. The minimum Gasteiger partial charge on any atom is -0.497 e. The molecule has 0 aliphatic carbocycles. The van der Waals surface area contributed by atoms with E-state index in [2.05, 4.69) is 15.1 Å². The molecule has 2 heterocycles. The predicted octanol–water partition coefficient (Wildman–Crippen LogP) is 2.39. The van der Waals surface area contributed by atoms with Crippen LogP contribution in [-0.4, -0.2) is 22.2 Å². The molecule has 0 amide bonds. The molecule has 0 saturated carbocycles. The van der Waals surface area contributed by atoms with Crippen LogP contribution in [0.5, 0.6) is 5.75 Å². The number of ether oxygens (including phenoxy) is 1. The second kappa shape index (κ2) is 5.00. The summed E-state index contributed by atoms with van der Waals surface area (Å²) in [5.41, 5.74) is 7.76. The number of rotatable bonds is 3. The van der Waals surface area contributed by atoms with Crippen LogP contribution in [0.15, 0.2) is 47.2 Å². The SMILES string of the molecule is COc1ccc(-c2noc(-c3cncc(N)c3)n2)cc1. The summed E-state index contributed by atoms with van der Waals surface area (Å²) in [6.07, 6.45) is 3.19. The van der Waals surface area contributed by atoms with E-state index in [1.807, 2.05) is 24.3 Å². The Kier molecular flexibility index (Phi) is 3.04. The fourth-order valence-electron chi connectivity index (χ4n) is 1.77. The largest absolute Gasteiger partial charge is 0.497 e. The summed E-state index contributed by atoms with van der Waals surface area (Å²) in [5, 5.41) is 3.95. The Morgan fingerprint density at radius 3 is 2.60 bits per heavy atom. The highest BCUT2D eigenvalue weighted by Gasteiger charge is 2.11. The molecule has 0 fully saturated rings. The van der Waals surface area contributed by atoms with Crippen molar-refractivity contribution in [2.24, 2.45) is 0 Å². The molecule has 0 radical (unpaired) electrons. The third kappa shape index (κ3) is 2.31. The molecule has 2 N–H and O–H groups in total. The molecule has 3 aromatic rings. The molecular weight excluding hydrogens is 256 g/mol. The first-order valence-electron chi connectivity index (χ1n) is 5.95. The average molecular weight is 268 g/mol. The third-order valence-corrected chi connectivity index (χ3v) is 2.78. The zero-order valence-electron chi connectivity index (χ0n) is 10.8. The number of methoxy groups -OCH3 is 1. The van der Waals surface area contributed by atoms with Crippen molar-refractivity contribution in [3.8, 4) is 28.6 Å². The van der Waals surface area contributed by atoms with Crippen LogP contribution in [-0.2, 0) is 0 Å². The quantitative estimate of drug-likeness (QED) is 0.784. The molecule has 0 aliphatic rings. The van der Waals surface area contributed by atoms with Gasteiger partial charge in [0.2, 0.25) is 5.82 Å². The van der Waals surface area contributed by atoms with Crippen molar-refractivity contribution in [3.05, 3.63) is 42.7 Å². The van der Waals surface area contributed by atoms with Crippen LogP contribution in [0.25, 0.3) is 22.8 Å². The maximum absolute atomic E-state index is 5.68. The molecule has 100 valence electrons. The number of anilines is 1. The zero-order chi connectivity index (χ0) is 13.9. The fraction of sp³-hybridized carbons (Fsp3) is 0.0714. The molecule has 0 aliphatic heterocycles. The lowest BCUT2D eigenvalue weighted by Crippen LogP contribution is -1.88. The summed E-state index contributed by atoms with van der Waals surface area (Å²) in [6, 6.07) is 9.15. The Hall–Kier alpha value is -2.89. The van der Waals surface area contributed by atoms with E-state index >= 15 is 0 Å². The summed E-state index contributed by atoms with van der Waals surface area (Å²) in [4.78, 5) is 8.33. The standard InChI is InChI=1S/C14H12N4O2/c1-19-12-4-2-9(3-5-12)13-17-14(20-18-13)10-6-11(15)8-16-7-10/h2-8H,15H2,1H3. The van der Waals surface area contributed by atoms with Crippen LogP contribution in [0.3, 0.4) is 0 Å². The van der Waals surface area contributed by atoms with E-state index in [0.29, 0.717) is 23.0 Å². The van der Waals surface area contributed by atoms with Crippen LogP contribution >= 0.6 is 0 Å². The fourth-order valence-corrected chi connectivity index (χ4v) is 1.77. The van der Waals surface area contributed by atoms with Gasteiger partial charge in [-0.05, 0) is 30.3 Å². The number of nitrogens with zero attached hydrogens (tertiary/aromatic N) is 3. The Morgan fingerprint density at radius 1 is 1.10 bits per heavy atom. The Bertz CT molecular complexity index is 722. The Labute approximate surface area is 115 Å². The maximum atomic E-state index is 5.68. The van der Waals surface area contributed by atoms with Crippen LogP contribution in [0.4, 0.5) is 5.69 Å². The van der Waals surface area contributed by atoms with E-state index in [4.69, 9.17) is 15.0 Å². The first-order valence-corrected chi connectivity index (χ1v) is 5.95. The molecule has 0 saturated heterocycles. The van der Waals surface area contributed by atoms with Crippen molar-refractivity contribution in [1.29, 1.82) is 0 Å². The van der Waals surface area contributed by atoms with Crippen molar-refractivity contribution in [3.63, 3.8) is 0 Å². The van der Waals surface area contributed by atoms with Crippen molar-refractivity contribution < 1.29 is 9.26 Å². The summed E-state index contributed by atoms with van der Waals surface area (Å²) < 4.78 is 10.3. The second-order valence-corrected chi connectivity index (χ2v) is 4.16. The first kappa shape index (κ1) is 12.2. The minimum absolute atomic E-state index is 0.385. The van der Waals surface area contributed by atoms with Gasteiger partial charge < -0.3 is 15.0 Å². The Morgan fingerprint density at radius 2 is 1.90 bits per heavy atom. The van der Waals surface area contributed by atoms with Gasteiger partial charge in [-0.15, -0.1) is 0 Å². The number of hydrogen-bond donors (Lipinski definition) is 1. The highest BCUT2D eigenvalue weighted by molar-refractivity contribution is 5.62.